The molecule has 0 saturated heterocycles. The van der Waals surface area contributed by atoms with E-state index in [9.17, 15) is 4.79 Å². The van der Waals surface area contributed by atoms with Gasteiger partial charge in [-0.25, -0.2) is 0 Å². The lowest BCUT2D eigenvalue weighted by Crippen LogP contribution is -2.40. The molecule has 0 saturated carbocycles. The summed E-state index contributed by atoms with van der Waals surface area (Å²) in [7, 11) is 1.88. The van der Waals surface area contributed by atoms with Crippen molar-refractivity contribution in [2.24, 2.45) is 13.0 Å². The van der Waals surface area contributed by atoms with Gasteiger partial charge in [-0.3, -0.25) is 9.48 Å². The van der Waals surface area contributed by atoms with Crippen LogP contribution in [0.15, 0.2) is 0 Å². The van der Waals surface area contributed by atoms with Crippen molar-refractivity contribution in [3.63, 3.8) is 0 Å². The predicted molar refractivity (Wildman–Crippen MR) is 63.4 cm³/mol. The second kappa shape index (κ2) is 3.81. The largest absolute Gasteiger partial charge is 0.357 e. The van der Waals surface area contributed by atoms with Crippen LogP contribution < -0.4 is 10.6 Å². The zero-order valence-corrected chi connectivity index (χ0v) is 10.2. The van der Waals surface area contributed by atoms with Gasteiger partial charge in [0.25, 0.3) is 0 Å². The molecule has 1 aromatic rings. The standard InChI is InChI=1S/C11H18N4O/c1-6(2)5-8-11(16)13-9-7(3)14-15(4)10(9)12-8/h6,8,12H,5H2,1-4H3,(H,13,16). The lowest BCUT2D eigenvalue weighted by Gasteiger charge is -2.26. The van der Waals surface area contributed by atoms with Crippen molar-refractivity contribution in [1.29, 1.82) is 0 Å². The Morgan fingerprint density at radius 3 is 2.81 bits per heavy atom. The van der Waals surface area contributed by atoms with Crippen LogP contribution in [0.5, 0.6) is 0 Å². The van der Waals surface area contributed by atoms with Gasteiger partial charge >= 0.3 is 0 Å². The molecule has 1 aliphatic rings. The minimum Gasteiger partial charge on any atom is -0.357 e. The van der Waals surface area contributed by atoms with Gasteiger partial charge in [-0.05, 0) is 19.3 Å². The summed E-state index contributed by atoms with van der Waals surface area (Å²) < 4.78 is 1.78. The highest BCUT2D eigenvalue weighted by Crippen LogP contribution is 2.30. The first-order valence-corrected chi connectivity index (χ1v) is 5.60. The fourth-order valence-electron chi connectivity index (χ4n) is 2.05. The number of aryl methyl sites for hydroxylation is 2. The first kappa shape index (κ1) is 11.0. The Morgan fingerprint density at radius 1 is 1.50 bits per heavy atom. The van der Waals surface area contributed by atoms with E-state index in [2.05, 4.69) is 29.6 Å². The molecule has 0 bridgehead atoms. The monoisotopic (exact) mass is 222 g/mol. The van der Waals surface area contributed by atoms with Crippen molar-refractivity contribution < 1.29 is 4.79 Å². The molecule has 0 radical (unpaired) electrons. The van der Waals surface area contributed by atoms with Crippen molar-refractivity contribution in [2.45, 2.75) is 33.2 Å². The summed E-state index contributed by atoms with van der Waals surface area (Å²) in [5, 5.41) is 10.5. The number of anilines is 2. The molecule has 5 nitrogen and oxygen atoms in total. The molecule has 1 aliphatic heterocycles. The highest BCUT2D eigenvalue weighted by Gasteiger charge is 2.29. The van der Waals surface area contributed by atoms with E-state index in [0.29, 0.717) is 5.92 Å². The number of carbonyl (C=O) groups excluding carboxylic acids is 1. The number of nitrogens with zero attached hydrogens (tertiary/aromatic N) is 2. The Bertz CT molecular complexity index is 422. The van der Waals surface area contributed by atoms with Crippen LogP contribution in [-0.2, 0) is 11.8 Å². The van der Waals surface area contributed by atoms with Gasteiger partial charge in [0, 0.05) is 7.05 Å². The third-order valence-corrected chi connectivity index (χ3v) is 2.80. The van der Waals surface area contributed by atoms with Crippen LogP contribution in [-0.4, -0.2) is 21.7 Å². The first-order chi connectivity index (χ1) is 7.49. The zero-order chi connectivity index (χ0) is 11.9. The summed E-state index contributed by atoms with van der Waals surface area (Å²) in [6.07, 6.45) is 0.829. The molecule has 2 rings (SSSR count). The fraction of sp³-hybridized carbons (Fsp3) is 0.636. The fourth-order valence-corrected chi connectivity index (χ4v) is 2.05. The van der Waals surface area contributed by atoms with Crippen LogP contribution in [0.3, 0.4) is 0 Å². The van der Waals surface area contributed by atoms with Crippen molar-refractivity contribution in [3.05, 3.63) is 5.69 Å². The SMILES string of the molecule is Cc1nn(C)c2c1NC(=O)C(CC(C)C)N2. The smallest absolute Gasteiger partial charge is 0.247 e. The molecule has 1 aromatic heterocycles. The van der Waals surface area contributed by atoms with E-state index in [1.807, 2.05) is 14.0 Å². The van der Waals surface area contributed by atoms with E-state index in [1.165, 1.54) is 0 Å². The molecule has 0 spiro atoms. The van der Waals surface area contributed by atoms with Gasteiger partial charge < -0.3 is 10.6 Å². The Hall–Kier alpha value is -1.52. The Kier molecular flexibility index (Phi) is 2.61. The molecule has 1 amide bonds. The number of amides is 1. The quantitative estimate of drug-likeness (QED) is 0.797. The molecule has 2 N–H and O–H groups in total. The number of aromatic nitrogens is 2. The third-order valence-electron chi connectivity index (χ3n) is 2.80. The van der Waals surface area contributed by atoms with Gasteiger partial charge in [0.15, 0.2) is 0 Å². The normalized spacial score (nSPS) is 19.3. The van der Waals surface area contributed by atoms with E-state index in [1.54, 1.807) is 4.68 Å². The van der Waals surface area contributed by atoms with Crippen LogP contribution in [0.4, 0.5) is 11.5 Å². The van der Waals surface area contributed by atoms with Crippen molar-refractivity contribution >= 4 is 17.4 Å². The van der Waals surface area contributed by atoms with E-state index in [-0.39, 0.29) is 11.9 Å². The Morgan fingerprint density at radius 2 is 2.19 bits per heavy atom. The van der Waals surface area contributed by atoms with Crippen LogP contribution in [0.2, 0.25) is 0 Å². The summed E-state index contributed by atoms with van der Waals surface area (Å²) in [5.74, 6) is 1.43. The molecule has 5 heteroatoms. The highest BCUT2D eigenvalue weighted by atomic mass is 16.2. The Balaban J connectivity index is 2.27. The second-order valence-corrected chi connectivity index (χ2v) is 4.75. The van der Waals surface area contributed by atoms with Crippen LogP contribution >= 0.6 is 0 Å². The molecule has 1 atom stereocenters. The molecular formula is C11H18N4O. The first-order valence-electron chi connectivity index (χ1n) is 5.60. The number of hydrogen-bond acceptors (Lipinski definition) is 3. The van der Waals surface area contributed by atoms with E-state index >= 15 is 0 Å². The average molecular weight is 222 g/mol. The number of nitrogens with one attached hydrogen (secondary N) is 2. The summed E-state index contributed by atoms with van der Waals surface area (Å²) in [5.41, 5.74) is 1.66. The van der Waals surface area contributed by atoms with Gasteiger partial charge in [-0.2, -0.15) is 5.10 Å². The molecular weight excluding hydrogens is 204 g/mol. The molecule has 0 fully saturated rings. The maximum Gasteiger partial charge on any atom is 0.247 e. The highest BCUT2D eigenvalue weighted by molar-refractivity contribution is 6.02. The summed E-state index contributed by atoms with van der Waals surface area (Å²) in [4.78, 5) is 11.8. The minimum absolute atomic E-state index is 0.0392. The van der Waals surface area contributed by atoms with Gasteiger partial charge in [0.1, 0.15) is 17.5 Å². The number of rotatable bonds is 2. The van der Waals surface area contributed by atoms with Crippen molar-refractivity contribution in [3.8, 4) is 0 Å². The molecule has 88 valence electrons. The average Bonchev–Trinajstić information content (AvgIpc) is 2.43. The van der Waals surface area contributed by atoms with Gasteiger partial charge in [0.05, 0.1) is 5.69 Å². The number of hydrogen-bond donors (Lipinski definition) is 2. The van der Waals surface area contributed by atoms with E-state index in [4.69, 9.17) is 0 Å². The van der Waals surface area contributed by atoms with Gasteiger partial charge in [-0.1, -0.05) is 13.8 Å². The predicted octanol–water partition coefficient (Wildman–Crippen LogP) is 1.51. The lowest BCUT2D eigenvalue weighted by molar-refractivity contribution is -0.117. The van der Waals surface area contributed by atoms with Crippen LogP contribution in [0, 0.1) is 12.8 Å². The van der Waals surface area contributed by atoms with Gasteiger partial charge in [0.2, 0.25) is 5.91 Å². The second-order valence-electron chi connectivity index (χ2n) is 4.75. The topological polar surface area (TPSA) is 59.0 Å². The molecule has 2 heterocycles. The summed E-state index contributed by atoms with van der Waals surface area (Å²) in [6.45, 7) is 6.11. The zero-order valence-electron chi connectivity index (χ0n) is 10.2. The van der Waals surface area contributed by atoms with Crippen molar-refractivity contribution in [1.82, 2.24) is 9.78 Å². The lowest BCUT2D eigenvalue weighted by atomic mass is 10.0. The van der Waals surface area contributed by atoms with E-state index < -0.39 is 0 Å². The molecule has 0 aliphatic carbocycles. The Labute approximate surface area is 95.2 Å². The third kappa shape index (κ3) is 1.77. The number of carbonyl (C=O) groups is 1. The van der Waals surface area contributed by atoms with Gasteiger partial charge in [-0.15, -0.1) is 0 Å². The number of fused-ring (bicyclic) bond motifs is 1. The molecule has 0 aromatic carbocycles. The van der Waals surface area contributed by atoms with Crippen molar-refractivity contribution in [2.75, 3.05) is 10.6 Å². The molecule has 1 unspecified atom stereocenters. The maximum absolute atomic E-state index is 11.8. The maximum atomic E-state index is 11.8. The van der Waals surface area contributed by atoms with Crippen LogP contribution in [0.1, 0.15) is 26.0 Å². The van der Waals surface area contributed by atoms with Crippen LogP contribution in [0.25, 0.3) is 0 Å². The molecule has 16 heavy (non-hydrogen) atoms. The summed E-state index contributed by atoms with van der Waals surface area (Å²) >= 11 is 0. The minimum atomic E-state index is -0.151. The van der Waals surface area contributed by atoms with E-state index in [0.717, 1.165) is 23.6 Å². The summed E-state index contributed by atoms with van der Waals surface area (Å²) in [6, 6.07) is -0.151.